The summed E-state index contributed by atoms with van der Waals surface area (Å²) in [5.74, 6) is 0.00477. The molecule has 0 spiro atoms. The van der Waals surface area contributed by atoms with Gasteiger partial charge in [-0.15, -0.1) is 0 Å². The number of nitrogens with zero attached hydrogens (tertiary/aromatic N) is 4. The summed E-state index contributed by atoms with van der Waals surface area (Å²) in [6.07, 6.45) is 10.0. The van der Waals surface area contributed by atoms with Crippen LogP contribution in [0.25, 0.3) is 6.08 Å². The normalized spacial score (nSPS) is 20.0. The minimum Gasteiger partial charge on any atom is -1.00 e. The first-order chi connectivity index (χ1) is 13.6. The predicted octanol–water partition coefficient (Wildman–Crippen LogP) is 1.09. The van der Waals surface area contributed by atoms with Crippen LogP contribution in [0.5, 0.6) is 0 Å². The summed E-state index contributed by atoms with van der Waals surface area (Å²) in [4.78, 5) is 22.0. The molecule has 1 amide bonds. The van der Waals surface area contributed by atoms with Crippen molar-refractivity contribution in [3.8, 4) is 0 Å². The van der Waals surface area contributed by atoms with E-state index in [2.05, 4.69) is 29.2 Å². The second-order valence-electron chi connectivity index (χ2n) is 6.42. The molecule has 0 N–H and O–H groups in total. The Kier molecular flexibility index (Phi) is 6.62. The maximum absolute atomic E-state index is 12.8. The summed E-state index contributed by atoms with van der Waals surface area (Å²) in [5.41, 5.74) is 3.39. The van der Waals surface area contributed by atoms with Crippen LogP contribution < -0.4 is 21.9 Å². The van der Waals surface area contributed by atoms with Crippen molar-refractivity contribution in [3.05, 3.63) is 70.2 Å². The molecule has 1 aromatic heterocycles. The lowest BCUT2D eigenvalue weighted by Crippen LogP contribution is -3.00. The van der Waals surface area contributed by atoms with Gasteiger partial charge >= 0.3 is 5.13 Å². The van der Waals surface area contributed by atoms with E-state index in [-0.39, 0.29) is 18.3 Å². The van der Waals surface area contributed by atoms with Gasteiger partial charge in [-0.25, -0.2) is 4.57 Å². The van der Waals surface area contributed by atoms with Crippen LogP contribution in [0.4, 0.5) is 10.8 Å². The molecule has 1 saturated heterocycles. The standard InChI is InChI=1S/C21H21N4OS2.ClH/c1-4-25-19(26)18(28-21(25)22-20-23(2)13-14-27-20)12-11-16-10-9-15-7-5-6-8-17(15)24(16)3;/h5-14H,4H2,1-3H3;1H/q+1;/p-1/b16-11-,18-12-;. The number of aromatic nitrogens is 1. The number of anilines is 1. The number of para-hydroxylation sites is 1. The van der Waals surface area contributed by atoms with Gasteiger partial charge in [0.25, 0.3) is 11.1 Å². The number of carbonyl (C=O) groups excluding carboxylic acids is 1. The van der Waals surface area contributed by atoms with E-state index in [1.807, 2.05) is 61.4 Å². The molecule has 3 heterocycles. The van der Waals surface area contributed by atoms with Gasteiger partial charge < -0.3 is 17.3 Å². The summed E-state index contributed by atoms with van der Waals surface area (Å²) >= 11 is 2.99. The van der Waals surface area contributed by atoms with E-state index < -0.39 is 0 Å². The number of fused-ring (bicyclic) bond motifs is 1. The number of allylic oxidation sites excluding steroid dienone is 3. The van der Waals surface area contributed by atoms with Gasteiger partial charge in [0.2, 0.25) is 0 Å². The number of benzene rings is 1. The van der Waals surface area contributed by atoms with Crippen LogP contribution in [0.2, 0.25) is 0 Å². The Bertz CT molecular complexity index is 1050. The largest absolute Gasteiger partial charge is 1.00 e. The second kappa shape index (κ2) is 8.98. The third kappa shape index (κ3) is 4.17. The first-order valence-corrected chi connectivity index (χ1v) is 10.7. The lowest BCUT2D eigenvalue weighted by Gasteiger charge is -2.26. The zero-order valence-corrected chi connectivity index (χ0v) is 18.8. The molecular weight excluding hydrogens is 424 g/mol. The van der Waals surface area contributed by atoms with E-state index in [1.165, 1.54) is 17.3 Å². The van der Waals surface area contributed by atoms with Crippen molar-refractivity contribution in [2.24, 2.45) is 12.0 Å². The number of carbonyl (C=O) groups is 1. The van der Waals surface area contributed by atoms with Crippen molar-refractivity contribution in [1.29, 1.82) is 0 Å². The topological polar surface area (TPSA) is 39.8 Å². The predicted molar refractivity (Wildman–Crippen MR) is 118 cm³/mol. The lowest BCUT2D eigenvalue weighted by atomic mass is 10.1. The molecule has 4 rings (SSSR count). The highest BCUT2D eigenvalue weighted by Gasteiger charge is 2.36. The molecule has 2 aromatic rings. The first kappa shape index (κ1) is 21.4. The number of thioether (sulfide) groups is 1. The molecule has 0 unspecified atom stereocenters. The molecule has 150 valence electrons. The number of hydrogen-bond acceptors (Lipinski definition) is 5. The van der Waals surface area contributed by atoms with Crippen LogP contribution in [0.1, 0.15) is 12.5 Å². The summed E-state index contributed by atoms with van der Waals surface area (Å²) in [6, 6.07) is 8.27. The molecule has 0 aliphatic carbocycles. The minimum absolute atomic E-state index is 0. The smallest absolute Gasteiger partial charge is 0.384 e. The Hall–Kier alpha value is -2.35. The van der Waals surface area contributed by atoms with E-state index in [0.717, 1.165) is 21.7 Å². The molecule has 2 aliphatic heterocycles. The second-order valence-corrected chi connectivity index (χ2v) is 8.30. The van der Waals surface area contributed by atoms with Crippen LogP contribution >= 0.6 is 23.1 Å². The van der Waals surface area contributed by atoms with Gasteiger partial charge in [-0.3, -0.25) is 9.69 Å². The monoisotopic (exact) mass is 444 g/mol. The van der Waals surface area contributed by atoms with Gasteiger partial charge in [0.05, 0.1) is 12.0 Å². The van der Waals surface area contributed by atoms with Gasteiger partial charge in [0, 0.05) is 30.4 Å². The number of aryl methyl sites for hydroxylation is 1. The highest BCUT2D eigenvalue weighted by molar-refractivity contribution is 8.18. The molecule has 0 bridgehead atoms. The average Bonchev–Trinajstić information content (AvgIpc) is 3.24. The zero-order valence-electron chi connectivity index (χ0n) is 16.4. The molecular formula is C21H21ClN4OS2. The number of amides is 1. The summed E-state index contributed by atoms with van der Waals surface area (Å²) in [7, 11) is 4.00. The van der Waals surface area contributed by atoms with E-state index >= 15 is 0 Å². The molecule has 5 nitrogen and oxygen atoms in total. The fourth-order valence-electron chi connectivity index (χ4n) is 3.09. The number of halogens is 1. The van der Waals surface area contributed by atoms with Crippen molar-refractivity contribution in [2.45, 2.75) is 6.92 Å². The molecule has 0 atom stereocenters. The Balaban J connectivity index is 0.00000240. The molecule has 29 heavy (non-hydrogen) atoms. The van der Waals surface area contributed by atoms with Gasteiger partial charge in [0.1, 0.15) is 6.20 Å². The van der Waals surface area contributed by atoms with Crippen molar-refractivity contribution < 1.29 is 21.8 Å². The van der Waals surface area contributed by atoms with Gasteiger partial charge in [-0.05, 0) is 53.5 Å². The molecule has 0 saturated carbocycles. The van der Waals surface area contributed by atoms with Gasteiger partial charge in [0.15, 0.2) is 0 Å². The average molecular weight is 445 g/mol. The van der Waals surface area contributed by atoms with Crippen LogP contribution in [0.3, 0.4) is 0 Å². The van der Waals surface area contributed by atoms with Crippen LogP contribution in [0, 0.1) is 0 Å². The Labute approximate surface area is 185 Å². The third-order valence-corrected chi connectivity index (χ3v) is 6.55. The molecule has 1 fully saturated rings. The highest BCUT2D eigenvalue weighted by atomic mass is 35.5. The minimum atomic E-state index is 0. The first-order valence-electron chi connectivity index (χ1n) is 9.03. The molecule has 1 aromatic carbocycles. The van der Waals surface area contributed by atoms with Crippen molar-refractivity contribution in [1.82, 2.24) is 4.90 Å². The maximum Gasteiger partial charge on any atom is 0.384 e. The molecule has 8 heteroatoms. The fourth-order valence-corrected chi connectivity index (χ4v) is 4.86. The Morgan fingerprint density at radius 2 is 2.00 bits per heavy atom. The number of aliphatic imine (C=N–C) groups is 1. The van der Waals surface area contributed by atoms with E-state index in [4.69, 9.17) is 4.99 Å². The molecule has 2 aliphatic rings. The highest BCUT2D eigenvalue weighted by Crippen LogP contribution is 2.34. The van der Waals surface area contributed by atoms with Crippen LogP contribution in [0.15, 0.2) is 69.7 Å². The quantitative estimate of drug-likeness (QED) is 0.525. The Morgan fingerprint density at radius 1 is 1.21 bits per heavy atom. The number of likely N-dealkylation sites (N-methyl/N-ethyl adjacent to an activating group) is 2. The van der Waals surface area contributed by atoms with Gasteiger partial charge in [-0.2, -0.15) is 0 Å². The zero-order chi connectivity index (χ0) is 19.7. The lowest BCUT2D eigenvalue weighted by molar-refractivity contribution is -0.653. The van der Waals surface area contributed by atoms with Crippen molar-refractivity contribution >= 4 is 51.1 Å². The van der Waals surface area contributed by atoms with Gasteiger partial charge in [-0.1, -0.05) is 35.6 Å². The summed E-state index contributed by atoms with van der Waals surface area (Å²) in [6.45, 7) is 2.57. The number of amidine groups is 1. The number of rotatable bonds is 3. The van der Waals surface area contributed by atoms with Crippen molar-refractivity contribution in [2.75, 3.05) is 18.5 Å². The maximum atomic E-state index is 12.8. The summed E-state index contributed by atoms with van der Waals surface area (Å²) in [5, 5.41) is 3.59. The SMILES string of the molecule is CCN1C(=O)/C(=C/C=C2/C=Cc3ccccc3N2C)SC1=Nc1scc[n+]1C.[Cl-]. The van der Waals surface area contributed by atoms with Crippen LogP contribution in [-0.4, -0.2) is 29.6 Å². The van der Waals surface area contributed by atoms with Crippen LogP contribution in [-0.2, 0) is 11.8 Å². The van der Waals surface area contributed by atoms with E-state index in [0.29, 0.717) is 11.4 Å². The van der Waals surface area contributed by atoms with E-state index in [9.17, 15) is 4.79 Å². The number of hydrogen-bond donors (Lipinski definition) is 0. The molecule has 0 radical (unpaired) electrons. The third-order valence-electron chi connectivity index (χ3n) is 4.68. The fraction of sp³-hybridized carbons (Fsp3) is 0.190. The van der Waals surface area contributed by atoms with Crippen molar-refractivity contribution in [3.63, 3.8) is 0 Å². The van der Waals surface area contributed by atoms with E-state index in [1.54, 1.807) is 16.2 Å². The number of thiazole rings is 1. The Morgan fingerprint density at radius 3 is 2.72 bits per heavy atom. The summed E-state index contributed by atoms with van der Waals surface area (Å²) < 4.78 is 1.96.